The predicted molar refractivity (Wildman–Crippen MR) is 223 cm³/mol. The van der Waals surface area contributed by atoms with Crippen LogP contribution in [0.2, 0.25) is 0 Å². The van der Waals surface area contributed by atoms with E-state index in [1.807, 2.05) is 6.07 Å². The number of rotatable bonds is 6. The van der Waals surface area contributed by atoms with Crippen LogP contribution >= 0.6 is 0 Å². The Hall–Kier alpha value is -7.03. The molecule has 10 aromatic rings. The first-order chi connectivity index (χ1) is 26.3. The highest BCUT2D eigenvalue weighted by atomic mass is 15.1. The molecule has 248 valence electrons. The van der Waals surface area contributed by atoms with Crippen LogP contribution in [0.25, 0.3) is 94.2 Å². The molecule has 0 aliphatic heterocycles. The van der Waals surface area contributed by atoms with Gasteiger partial charge in [0.15, 0.2) is 0 Å². The lowest BCUT2D eigenvalue weighted by Gasteiger charge is -2.18. The first-order valence-electron chi connectivity index (χ1n) is 18.1. The summed E-state index contributed by atoms with van der Waals surface area (Å²) in [5, 5.41) is 5.04. The van der Waals surface area contributed by atoms with E-state index in [-0.39, 0.29) is 0 Å². The molecule has 0 spiro atoms. The summed E-state index contributed by atoms with van der Waals surface area (Å²) in [6.07, 6.45) is 0. The second-order valence-corrected chi connectivity index (χ2v) is 13.5. The van der Waals surface area contributed by atoms with Gasteiger partial charge >= 0.3 is 0 Å². The van der Waals surface area contributed by atoms with Crippen LogP contribution < -0.4 is 0 Å². The number of hydrogen-bond acceptors (Lipinski definition) is 1. The molecule has 0 saturated heterocycles. The van der Waals surface area contributed by atoms with Crippen molar-refractivity contribution in [2.24, 2.45) is 0 Å². The zero-order chi connectivity index (χ0) is 35.1. The summed E-state index contributed by atoms with van der Waals surface area (Å²) in [5.41, 5.74) is 13.9. The molecule has 53 heavy (non-hydrogen) atoms. The average molecular weight is 675 g/mol. The average Bonchev–Trinajstić information content (AvgIpc) is 3.63. The lowest BCUT2D eigenvalue weighted by atomic mass is 9.85. The highest BCUT2D eigenvalue weighted by Crippen LogP contribution is 2.45. The monoisotopic (exact) mass is 674 g/mol. The Morgan fingerprint density at radius 3 is 1.32 bits per heavy atom. The number of fused-ring (bicyclic) bond motifs is 3. The number of imidazole rings is 1. The van der Waals surface area contributed by atoms with Gasteiger partial charge in [-0.25, -0.2) is 4.98 Å². The molecule has 1 aromatic heterocycles. The Bertz CT molecular complexity index is 2890. The lowest BCUT2D eigenvalue weighted by molar-refractivity contribution is 1.10. The topological polar surface area (TPSA) is 17.8 Å². The summed E-state index contributed by atoms with van der Waals surface area (Å²) in [4.78, 5) is 5.19. The fourth-order valence-corrected chi connectivity index (χ4v) is 7.92. The van der Waals surface area contributed by atoms with Crippen molar-refractivity contribution in [3.05, 3.63) is 206 Å². The molecule has 0 aliphatic carbocycles. The third-order valence-electron chi connectivity index (χ3n) is 10.4. The number of para-hydroxylation sites is 1. The van der Waals surface area contributed by atoms with E-state index < -0.39 is 0 Å². The van der Waals surface area contributed by atoms with Crippen molar-refractivity contribution in [3.8, 4) is 61.6 Å². The van der Waals surface area contributed by atoms with Crippen molar-refractivity contribution in [1.82, 2.24) is 9.55 Å². The van der Waals surface area contributed by atoms with Gasteiger partial charge in [0.1, 0.15) is 5.82 Å². The van der Waals surface area contributed by atoms with Crippen molar-refractivity contribution in [2.75, 3.05) is 0 Å². The van der Waals surface area contributed by atoms with E-state index in [1.54, 1.807) is 0 Å². The standard InChI is InChI=1S/C51H34N2/c1-5-15-37(16-6-1)49-43-23-13-14-24-44(43)50(38-17-7-2-8-18-38)46-33-40(29-31-45(46)49)35-25-27-36(28-26-35)41-30-32-48-47(34-41)52-51(39-19-9-3-10-20-39)53(48)42-21-11-4-12-22-42/h1-34H. The Morgan fingerprint density at radius 2 is 0.736 bits per heavy atom. The first-order valence-corrected chi connectivity index (χ1v) is 18.1. The molecule has 2 nitrogen and oxygen atoms in total. The maximum Gasteiger partial charge on any atom is 0.145 e. The molecule has 0 unspecified atom stereocenters. The quantitative estimate of drug-likeness (QED) is 0.161. The van der Waals surface area contributed by atoms with Gasteiger partial charge in [0, 0.05) is 11.3 Å². The van der Waals surface area contributed by atoms with Gasteiger partial charge < -0.3 is 0 Å². The Morgan fingerprint density at radius 1 is 0.302 bits per heavy atom. The van der Waals surface area contributed by atoms with Crippen LogP contribution in [0.1, 0.15) is 0 Å². The number of nitrogens with zero attached hydrogens (tertiary/aromatic N) is 2. The Balaban J connectivity index is 1.09. The zero-order valence-corrected chi connectivity index (χ0v) is 29.0. The summed E-state index contributed by atoms with van der Waals surface area (Å²) >= 11 is 0. The van der Waals surface area contributed by atoms with E-state index in [4.69, 9.17) is 4.98 Å². The maximum atomic E-state index is 5.19. The van der Waals surface area contributed by atoms with Crippen molar-refractivity contribution in [3.63, 3.8) is 0 Å². The van der Waals surface area contributed by atoms with E-state index in [2.05, 4.69) is 205 Å². The van der Waals surface area contributed by atoms with Crippen LogP contribution in [-0.4, -0.2) is 9.55 Å². The molecule has 0 radical (unpaired) electrons. The molecular weight excluding hydrogens is 641 g/mol. The molecule has 1 heterocycles. The number of hydrogen-bond donors (Lipinski definition) is 0. The van der Waals surface area contributed by atoms with E-state index in [0.29, 0.717) is 0 Å². The van der Waals surface area contributed by atoms with Gasteiger partial charge in [0.2, 0.25) is 0 Å². The minimum atomic E-state index is 0.939. The number of aromatic nitrogens is 2. The van der Waals surface area contributed by atoms with Crippen LogP contribution in [0.15, 0.2) is 206 Å². The molecule has 0 aliphatic rings. The molecule has 0 atom stereocenters. The van der Waals surface area contributed by atoms with Gasteiger partial charge in [-0.15, -0.1) is 0 Å². The van der Waals surface area contributed by atoms with Crippen molar-refractivity contribution < 1.29 is 0 Å². The minimum Gasteiger partial charge on any atom is -0.292 e. The van der Waals surface area contributed by atoms with Crippen LogP contribution in [0.3, 0.4) is 0 Å². The van der Waals surface area contributed by atoms with Crippen molar-refractivity contribution in [1.29, 1.82) is 0 Å². The molecule has 0 bridgehead atoms. The van der Waals surface area contributed by atoms with Gasteiger partial charge in [-0.1, -0.05) is 176 Å². The van der Waals surface area contributed by atoms with Gasteiger partial charge in [0.05, 0.1) is 11.0 Å². The molecular formula is C51H34N2. The molecule has 2 heteroatoms. The molecule has 0 saturated carbocycles. The summed E-state index contributed by atoms with van der Waals surface area (Å²) < 4.78 is 2.26. The SMILES string of the molecule is c1ccc(-c2c3ccccc3c(-c3ccccc3)c3cc(-c4ccc(-c5ccc6c(c5)nc(-c5ccccc5)n6-c5ccccc5)cc4)ccc23)cc1. The van der Waals surface area contributed by atoms with E-state index in [1.165, 1.54) is 54.9 Å². The fourth-order valence-electron chi connectivity index (χ4n) is 7.92. The maximum absolute atomic E-state index is 5.19. The highest BCUT2D eigenvalue weighted by molar-refractivity contribution is 6.22. The van der Waals surface area contributed by atoms with Gasteiger partial charge in [-0.05, 0) is 96.4 Å². The molecule has 10 rings (SSSR count). The summed E-state index contributed by atoms with van der Waals surface area (Å²) in [5.74, 6) is 0.939. The largest absolute Gasteiger partial charge is 0.292 e. The Kier molecular flexibility index (Phi) is 7.51. The molecule has 0 N–H and O–H groups in total. The lowest BCUT2D eigenvalue weighted by Crippen LogP contribution is -1.97. The van der Waals surface area contributed by atoms with Crippen molar-refractivity contribution in [2.45, 2.75) is 0 Å². The predicted octanol–water partition coefficient (Wildman–Crippen LogP) is 13.7. The first kappa shape index (κ1) is 30.8. The van der Waals surface area contributed by atoms with Crippen molar-refractivity contribution >= 4 is 32.6 Å². The summed E-state index contributed by atoms with van der Waals surface area (Å²) in [7, 11) is 0. The van der Waals surface area contributed by atoms with Gasteiger partial charge in [-0.3, -0.25) is 4.57 Å². The normalized spacial score (nSPS) is 11.4. The Labute approximate surface area is 308 Å². The third kappa shape index (κ3) is 5.40. The minimum absolute atomic E-state index is 0.939. The number of benzene rings is 9. The highest BCUT2D eigenvalue weighted by Gasteiger charge is 2.18. The summed E-state index contributed by atoms with van der Waals surface area (Å²) in [6, 6.07) is 74.0. The molecule has 0 fully saturated rings. The van der Waals surface area contributed by atoms with Crippen LogP contribution in [0.5, 0.6) is 0 Å². The molecule has 9 aromatic carbocycles. The van der Waals surface area contributed by atoms with Gasteiger partial charge in [-0.2, -0.15) is 0 Å². The van der Waals surface area contributed by atoms with E-state index >= 15 is 0 Å². The van der Waals surface area contributed by atoms with Crippen LogP contribution in [0, 0.1) is 0 Å². The second-order valence-electron chi connectivity index (χ2n) is 13.5. The van der Waals surface area contributed by atoms with Crippen LogP contribution in [0.4, 0.5) is 0 Å². The second kappa shape index (κ2) is 12.9. The smallest absolute Gasteiger partial charge is 0.145 e. The summed E-state index contributed by atoms with van der Waals surface area (Å²) in [6.45, 7) is 0. The van der Waals surface area contributed by atoms with E-state index in [9.17, 15) is 0 Å². The van der Waals surface area contributed by atoms with E-state index in [0.717, 1.165) is 39.2 Å². The molecule has 0 amide bonds. The zero-order valence-electron chi connectivity index (χ0n) is 29.0. The van der Waals surface area contributed by atoms with Gasteiger partial charge in [0.25, 0.3) is 0 Å². The van der Waals surface area contributed by atoms with Crippen LogP contribution in [-0.2, 0) is 0 Å². The fraction of sp³-hybridized carbons (Fsp3) is 0. The third-order valence-corrected chi connectivity index (χ3v) is 10.4.